The molecule has 0 fully saturated rings. The highest BCUT2D eigenvalue weighted by Gasteiger charge is 2.20. The number of aryl methyl sites for hydroxylation is 1. The zero-order valence-electron chi connectivity index (χ0n) is 11.0. The van der Waals surface area contributed by atoms with Crippen molar-refractivity contribution in [2.75, 3.05) is 19.8 Å². The third-order valence-electron chi connectivity index (χ3n) is 2.19. The van der Waals surface area contributed by atoms with Crippen LogP contribution in [0, 0.1) is 6.92 Å². The molecule has 0 heterocycles. The van der Waals surface area contributed by atoms with Gasteiger partial charge in [-0.3, -0.25) is 9.79 Å². The Bertz CT molecular complexity index is 419. The summed E-state index contributed by atoms with van der Waals surface area (Å²) in [7, 11) is -4.40. The molecule has 0 amide bonds. The second kappa shape index (κ2) is 8.33. The van der Waals surface area contributed by atoms with Crippen LogP contribution in [0.4, 0.5) is 0 Å². The van der Waals surface area contributed by atoms with E-state index in [-0.39, 0.29) is 5.75 Å². The highest BCUT2D eigenvalue weighted by Crippen LogP contribution is 2.37. The van der Waals surface area contributed by atoms with E-state index >= 15 is 0 Å². The summed E-state index contributed by atoms with van der Waals surface area (Å²) in [5.41, 5.74) is 4.94. The topological polar surface area (TPSA) is 153 Å². The van der Waals surface area contributed by atoms with Crippen molar-refractivity contribution in [3.05, 3.63) is 29.8 Å². The van der Waals surface area contributed by atoms with Gasteiger partial charge in [0.2, 0.25) is 0 Å². The summed E-state index contributed by atoms with van der Waals surface area (Å²) >= 11 is 0. The van der Waals surface area contributed by atoms with Gasteiger partial charge in [-0.1, -0.05) is 17.7 Å². The van der Waals surface area contributed by atoms with Crippen molar-refractivity contribution >= 4 is 7.82 Å². The van der Waals surface area contributed by atoms with Crippen molar-refractivity contribution in [3.8, 4) is 5.75 Å². The maximum Gasteiger partial charge on any atom is 0.524 e. The van der Waals surface area contributed by atoms with Crippen LogP contribution in [-0.4, -0.2) is 50.5 Å². The van der Waals surface area contributed by atoms with E-state index in [9.17, 15) is 4.57 Å². The molecule has 1 aromatic carbocycles. The summed E-state index contributed by atoms with van der Waals surface area (Å²) in [6.07, 6.45) is 0. The molecule has 0 aliphatic rings. The van der Waals surface area contributed by atoms with E-state index in [1.807, 2.05) is 6.92 Å². The largest absolute Gasteiger partial charge is 0.524 e. The molecule has 0 saturated heterocycles. The van der Waals surface area contributed by atoms with E-state index in [0.717, 1.165) is 5.56 Å². The molecule has 1 aromatic rings. The Hall–Kier alpha value is -0.990. The van der Waals surface area contributed by atoms with Crippen molar-refractivity contribution in [2.24, 2.45) is 5.73 Å². The molecule has 0 saturated carbocycles. The molecule has 0 spiro atoms. The van der Waals surface area contributed by atoms with Crippen LogP contribution in [0.2, 0.25) is 0 Å². The Labute approximate surface area is 116 Å². The van der Waals surface area contributed by atoms with Crippen LogP contribution in [0.1, 0.15) is 5.56 Å². The molecule has 8 nitrogen and oxygen atoms in total. The summed E-state index contributed by atoms with van der Waals surface area (Å²) < 4.78 is 14.7. The van der Waals surface area contributed by atoms with Crippen LogP contribution in [0.3, 0.4) is 0 Å². The van der Waals surface area contributed by atoms with Gasteiger partial charge in [-0.15, -0.1) is 0 Å². The average Bonchev–Trinajstić information content (AvgIpc) is 2.40. The number of benzene rings is 1. The fourth-order valence-electron chi connectivity index (χ4n) is 0.886. The van der Waals surface area contributed by atoms with Crippen molar-refractivity contribution in [1.82, 2.24) is 0 Å². The second-order valence-electron chi connectivity index (χ2n) is 4.23. The molecule has 0 aromatic heterocycles. The number of phosphoric acid groups is 1. The third-order valence-corrected chi connectivity index (χ3v) is 2.64. The average molecular weight is 309 g/mol. The Kier molecular flexibility index (Phi) is 7.92. The van der Waals surface area contributed by atoms with E-state index in [1.54, 1.807) is 12.1 Å². The highest BCUT2D eigenvalue weighted by molar-refractivity contribution is 7.46. The van der Waals surface area contributed by atoms with Crippen molar-refractivity contribution in [1.29, 1.82) is 0 Å². The fraction of sp³-hybridized carbons (Fsp3) is 0.455. The molecule has 0 unspecified atom stereocenters. The number of aliphatic hydroxyl groups is 3. The van der Waals surface area contributed by atoms with Crippen LogP contribution in [0.15, 0.2) is 24.3 Å². The lowest BCUT2D eigenvalue weighted by Gasteiger charge is -2.20. The van der Waals surface area contributed by atoms with Gasteiger partial charge in [0.15, 0.2) is 0 Å². The monoisotopic (exact) mass is 309 g/mol. The van der Waals surface area contributed by atoms with Crippen LogP contribution in [0.5, 0.6) is 5.75 Å². The SMILES string of the molecule is Cc1ccc(OP(=O)(O)O)cc1.NC(CO)(CO)CO. The van der Waals surface area contributed by atoms with Gasteiger partial charge in [-0.05, 0) is 19.1 Å². The molecule has 0 atom stereocenters. The molecule has 20 heavy (non-hydrogen) atoms. The molecule has 0 aliphatic carbocycles. The molecule has 0 bridgehead atoms. The Morgan fingerprint density at radius 3 is 1.75 bits per heavy atom. The first-order valence-electron chi connectivity index (χ1n) is 5.59. The number of aliphatic hydroxyl groups excluding tert-OH is 3. The van der Waals surface area contributed by atoms with Gasteiger partial charge in [-0.2, -0.15) is 0 Å². The smallest absolute Gasteiger partial charge is 0.404 e. The van der Waals surface area contributed by atoms with E-state index in [1.165, 1.54) is 12.1 Å². The number of phosphoric ester groups is 1. The van der Waals surface area contributed by atoms with Gasteiger partial charge in [0.1, 0.15) is 5.75 Å². The lowest BCUT2D eigenvalue weighted by atomic mass is 10.1. The van der Waals surface area contributed by atoms with Crippen LogP contribution in [0.25, 0.3) is 0 Å². The molecular weight excluding hydrogens is 289 g/mol. The molecule has 1 rings (SSSR count). The molecule has 9 heteroatoms. The van der Waals surface area contributed by atoms with Gasteiger partial charge >= 0.3 is 7.82 Å². The standard InChI is InChI=1S/C7H9O4P.C4H11NO3/c1-6-2-4-7(5-3-6)11-12(8,9)10;5-4(1-6,2-7)3-8/h2-5H,1H3,(H2,8,9,10);6-8H,1-3,5H2. The minimum absolute atomic E-state index is 0.175. The lowest BCUT2D eigenvalue weighted by molar-refractivity contribution is 0.0697. The molecule has 0 radical (unpaired) electrons. The predicted molar refractivity (Wildman–Crippen MR) is 72.0 cm³/mol. The molecular formula is C11H20NO7P. The van der Waals surface area contributed by atoms with E-state index < -0.39 is 33.2 Å². The first-order valence-corrected chi connectivity index (χ1v) is 7.12. The Morgan fingerprint density at radius 1 is 1.10 bits per heavy atom. The summed E-state index contributed by atoms with van der Waals surface area (Å²) in [5.74, 6) is 0.175. The molecule has 7 N–H and O–H groups in total. The van der Waals surface area contributed by atoms with Crippen LogP contribution in [-0.2, 0) is 4.57 Å². The normalized spacial score (nSPS) is 11.6. The minimum atomic E-state index is -4.40. The van der Waals surface area contributed by atoms with Gasteiger partial charge in [0.25, 0.3) is 0 Å². The maximum atomic E-state index is 10.4. The minimum Gasteiger partial charge on any atom is -0.404 e. The van der Waals surface area contributed by atoms with Crippen molar-refractivity contribution < 1.29 is 34.2 Å². The van der Waals surface area contributed by atoms with Crippen LogP contribution >= 0.6 is 7.82 Å². The van der Waals surface area contributed by atoms with Crippen LogP contribution < -0.4 is 10.3 Å². The van der Waals surface area contributed by atoms with E-state index in [4.69, 9.17) is 30.8 Å². The predicted octanol–water partition coefficient (Wildman–Crippen LogP) is -0.873. The fourth-order valence-corrected chi connectivity index (χ4v) is 1.28. The van der Waals surface area contributed by atoms with E-state index in [2.05, 4.69) is 4.52 Å². The zero-order chi connectivity index (χ0) is 15.8. The first-order chi connectivity index (χ1) is 9.15. The van der Waals surface area contributed by atoms with Crippen molar-refractivity contribution in [3.63, 3.8) is 0 Å². The van der Waals surface area contributed by atoms with Gasteiger partial charge in [0.05, 0.1) is 25.4 Å². The maximum absolute atomic E-state index is 10.4. The van der Waals surface area contributed by atoms with Gasteiger partial charge in [-0.25, -0.2) is 4.57 Å². The van der Waals surface area contributed by atoms with Gasteiger partial charge in [0, 0.05) is 0 Å². The molecule has 116 valence electrons. The number of hydrogen-bond donors (Lipinski definition) is 6. The second-order valence-corrected chi connectivity index (χ2v) is 5.40. The summed E-state index contributed by atoms with van der Waals surface area (Å²) in [5, 5.41) is 25.0. The van der Waals surface area contributed by atoms with Crippen molar-refractivity contribution in [2.45, 2.75) is 12.5 Å². The zero-order valence-corrected chi connectivity index (χ0v) is 11.9. The Balaban J connectivity index is 0.000000396. The third kappa shape index (κ3) is 8.23. The number of hydrogen-bond acceptors (Lipinski definition) is 6. The summed E-state index contributed by atoms with van der Waals surface area (Å²) in [4.78, 5) is 16.9. The van der Waals surface area contributed by atoms with Gasteiger partial charge < -0.3 is 25.6 Å². The summed E-state index contributed by atoms with van der Waals surface area (Å²) in [6, 6.07) is 6.44. The molecule has 0 aliphatic heterocycles. The first kappa shape index (κ1) is 19.0. The lowest BCUT2D eigenvalue weighted by Crippen LogP contribution is -2.50. The quantitative estimate of drug-likeness (QED) is 0.384. The number of rotatable bonds is 5. The Morgan fingerprint density at radius 2 is 1.50 bits per heavy atom. The summed E-state index contributed by atoms with van der Waals surface area (Å²) in [6.45, 7) is 0.668. The highest BCUT2D eigenvalue weighted by atomic mass is 31.2. The number of nitrogens with two attached hydrogens (primary N) is 1. The van der Waals surface area contributed by atoms with E-state index in [0.29, 0.717) is 0 Å².